The fourth-order valence-corrected chi connectivity index (χ4v) is 1.92. The molecule has 0 fully saturated rings. The van der Waals surface area contributed by atoms with Crippen LogP contribution in [0.2, 0.25) is 0 Å². The number of carbonyl (C=O) groups is 1. The predicted molar refractivity (Wildman–Crippen MR) is 87.3 cm³/mol. The van der Waals surface area contributed by atoms with E-state index in [0.717, 1.165) is 11.3 Å². The van der Waals surface area contributed by atoms with Gasteiger partial charge in [-0.05, 0) is 24.6 Å². The van der Waals surface area contributed by atoms with Gasteiger partial charge in [0.15, 0.2) is 0 Å². The largest absolute Gasteiger partial charge is 0.495 e. The van der Waals surface area contributed by atoms with Gasteiger partial charge in [0, 0.05) is 26.0 Å². The molecule has 1 heterocycles. The number of benzene rings is 1. The van der Waals surface area contributed by atoms with Gasteiger partial charge in [0.1, 0.15) is 5.75 Å². The first-order valence-corrected chi connectivity index (χ1v) is 7.15. The normalized spacial score (nSPS) is 10.2. The van der Waals surface area contributed by atoms with Crippen LogP contribution in [0.4, 0.5) is 11.6 Å². The van der Waals surface area contributed by atoms with Crippen LogP contribution in [0, 0.1) is 6.92 Å². The van der Waals surface area contributed by atoms with Crippen molar-refractivity contribution in [2.45, 2.75) is 6.92 Å². The van der Waals surface area contributed by atoms with E-state index in [1.807, 2.05) is 25.1 Å². The van der Waals surface area contributed by atoms with Gasteiger partial charge < -0.3 is 20.1 Å². The predicted octanol–water partition coefficient (Wildman–Crippen LogP) is 1.91. The van der Waals surface area contributed by atoms with Gasteiger partial charge in [-0.15, -0.1) is 0 Å². The van der Waals surface area contributed by atoms with Crippen LogP contribution < -0.4 is 15.4 Å². The zero-order valence-electron chi connectivity index (χ0n) is 13.4. The molecule has 7 heteroatoms. The van der Waals surface area contributed by atoms with Gasteiger partial charge in [-0.2, -0.15) is 0 Å². The number of hydrogen-bond donors (Lipinski definition) is 2. The van der Waals surface area contributed by atoms with E-state index in [1.54, 1.807) is 14.2 Å². The fourth-order valence-electron chi connectivity index (χ4n) is 1.92. The SMILES string of the molecule is COCCNC(=O)c1cnc(Nc2cc(C)ccc2OC)nc1. The van der Waals surface area contributed by atoms with E-state index in [-0.39, 0.29) is 5.91 Å². The molecule has 0 bridgehead atoms. The summed E-state index contributed by atoms with van der Waals surface area (Å²) in [5.74, 6) is 0.852. The Bertz CT molecular complexity index is 659. The molecule has 0 unspecified atom stereocenters. The third kappa shape index (κ3) is 4.65. The van der Waals surface area contributed by atoms with Crippen LogP contribution in [0.1, 0.15) is 15.9 Å². The second-order valence-corrected chi connectivity index (χ2v) is 4.87. The third-order valence-corrected chi connectivity index (χ3v) is 3.11. The molecule has 2 N–H and O–H groups in total. The Labute approximate surface area is 135 Å². The summed E-state index contributed by atoms with van der Waals surface area (Å²) in [7, 11) is 3.18. The second kappa shape index (κ2) is 8.09. The monoisotopic (exact) mass is 316 g/mol. The fraction of sp³-hybridized carbons (Fsp3) is 0.312. The number of rotatable bonds is 7. The Kier molecular flexibility index (Phi) is 5.87. The smallest absolute Gasteiger partial charge is 0.254 e. The molecule has 122 valence electrons. The van der Waals surface area contributed by atoms with Gasteiger partial charge in [-0.25, -0.2) is 9.97 Å². The number of amides is 1. The lowest BCUT2D eigenvalue weighted by molar-refractivity contribution is 0.0936. The first-order chi connectivity index (χ1) is 11.1. The summed E-state index contributed by atoms with van der Waals surface area (Å²) in [6.45, 7) is 2.88. The van der Waals surface area contributed by atoms with E-state index in [4.69, 9.17) is 9.47 Å². The van der Waals surface area contributed by atoms with Crippen LogP contribution >= 0.6 is 0 Å². The Morgan fingerprint density at radius 3 is 2.61 bits per heavy atom. The number of nitrogens with one attached hydrogen (secondary N) is 2. The lowest BCUT2D eigenvalue weighted by Crippen LogP contribution is -2.27. The van der Waals surface area contributed by atoms with Crippen LogP contribution in [0.15, 0.2) is 30.6 Å². The summed E-state index contributed by atoms with van der Waals surface area (Å²) >= 11 is 0. The number of hydrogen-bond acceptors (Lipinski definition) is 6. The lowest BCUT2D eigenvalue weighted by atomic mass is 10.2. The zero-order valence-corrected chi connectivity index (χ0v) is 13.4. The lowest BCUT2D eigenvalue weighted by Gasteiger charge is -2.11. The highest BCUT2D eigenvalue weighted by Gasteiger charge is 2.08. The number of ether oxygens (including phenoxy) is 2. The van der Waals surface area contributed by atoms with Crippen molar-refractivity contribution in [2.24, 2.45) is 0 Å². The maximum Gasteiger partial charge on any atom is 0.254 e. The van der Waals surface area contributed by atoms with Gasteiger partial charge >= 0.3 is 0 Å². The topological polar surface area (TPSA) is 85.4 Å². The number of aryl methyl sites for hydroxylation is 1. The number of methoxy groups -OCH3 is 2. The maximum absolute atomic E-state index is 11.8. The molecule has 0 saturated heterocycles. The molecule has 1 aromatic carbocycles. The average molecular weight is 316 g/mol. The molecule has 0 aliphatic rings. The van der Waals surface area contributed by atoms with E-state index < -0.39 is 0 Å². The molecule has 2 aromatic rings. The molecule has 1 aromatic heterocycles. The Morgan fingerprint density at radius 2 is 1.96 bits per heavy atom. The van der Waals surface area contributed by atoms with E-state index >= 15 is 0 Å². The van der Waals surface area contributed by atoms with Crippen LogP contribution in [0.25, 0.3) is 0 Å². The minimum absolute atomic E-state index is 0.235. The van der Waals surface area contributed by atoms with E-state index in [9.17, 15) is 4.79 Å². The first-order valence-electron chi connectivity index (χ1n) is 7.15. The highest BCUT2D eigenvalue weighted by atomic mass is 16.5. The van der Waals surface area contributed by atoms with Crippen molar-refractivity contribution in [1.82, 2.24) is 15.3 Å². The van der Waals surface area contributed by atoms with E-state index in [1.165, 1.54) is 12.4 Å². The molecule has 2 rings (SSSR count). The number of nitrogens with zero attached hydrogens (tertiary/aromatic N) is 2. The van der Waals surface area contributed by atoms with Crippen LogP contribution in [0.5, 0.6) is 5.75 Å². The second-order valence-electron chi connectivity index (χ2n) is 4.87. The van der Waals surface area contributed by atoms with Gasteiger partial charge in [-0.3, -0.25) is 4.79 Å². The van der Waals surface area contributed by atoms with Crippen LogP contribution in [-0.4, -0.2) is 43.2 Å². The highest BCUT2D eigenvalue weighted by molar-refractivity contribution is 5.93. The molecule has 0 aliphatic carbocycles. The molecule has 1 amide bonds. The maximum atomic E-state index is 11.8. The van der Waals surface area contributed by atoms with Gasteiger partial charge in [0.2, 0.25) is 5.95 Å². The summed E-state index contributed by atoms with van der Waals surface area (Å²) in [5.41, 5.74) is 2.25. The highest BCUT2D eigenvalue weighted by Crippen LogP contribution is 2.27. The summed E-state index contributed by atoms with van der Waals surface area (Å²) in [5, 5.41) is 5.79. The number of carbonyl (C=O) groups excluding carboxylic acids is 1. The van der Waals surface area contributed by atoms with Gasteiger partial charge in [0.25, 0.3) is 5.91 Å². The quantitative estimate of drug-likeness (QED) is 0.759. The van der Waals surface area contributed by atoms with Crippen molar-refractivity contribution in [3.63, 3.8) is 0 Å². The Hall–Kier alpha value is -2.67. The average Bonchev–Trinajstić information content (AvgIpc) is 2.56. The molecule has 0 radical (unpaired) electrons. The summed E-state index contributed by atoms with van der Waals surface area (Å²) in [6, 6.07) is 5.77. The van der Waals surface area contributed by atoms with Crippen molar-refractivity contribution < 1.29 is 14.3 Å². The van der Waals surface area contributed by atoms with Gasteiger partial charge in [-0.1, -0.05) is 6.07 Å². The van der Waals surface area contributed by atoms with Crippen molar-refractivity contribution in [1.29, 1.82) is 0 Å². The Morgan fingerprint density at radius 1 is 1.22 bits per heavy atom. The molecule has 23 heavy (non-hydrogen) atoms. The molecule has 0 atom stereocenters. The standard InChI is InChI=1S/C16H20N4O3/c1-11-4-5-14(23-3)13(8-11)20-16-18-9-12(10-19-16)15(21)17-6-7-22-2/h4-5,8-10H,6-7H2,1-3H3,(H,17,21)(H,18,19,20). The number of aromatic nitrogens is 2. The van der Waals surface area contributed by atoms with E-state index in [2.05, 4.69) is 20.6 Å². The summed E-state index contributed by atoms with van der Waals surface area (Å²) in [4.78, 5) is 20.2. The van der Waals surface area contributed by atoms with Gasteiger partial charge in [0.05, 0.1) is 25.0 Å². The Balaban J connectivity index is 2.05. The van der Waals surface area contributed by atoms with Crippen LogP contribution in [-0.2, 0) is 4.74 Å². The third-order valence-electron chi connectivity index (χ3n) is 3.11. The summed E-state index contributed by atoms with van der Waals surface area (Å²) < 4.78 is 10.2. The van der Waals surface area contributed by atoms with E-state index in [0.29, 0.717) is 30.4 Å². The van der Waals surface area contributed by atoms with Crippen molar-refractivity contribution in [3.05, 3.63) is 41.7 Å². The minimum Gasteiger partial charge on any atom is -0.495 e. The van der Waals surface area contributed by atoms with Crippen molar-refractivity contribution in [3.8, 4) is 5.75 Å². The molecule has 0 spiro atoms. The zero-order chi connectivity index (χ0) is 16.7. The van der Waals surface area contributed by atoms with Crippen LogP contribution in [0.3, 0.4) is 0 Å². The molecule has 7 nitrogen and oxygen atoms in total. The van der Waals surface area contributed by atoms with Crippen molar-refractivity contribution in [2.75, 3.05) is 32.7 Å². The molecular weight excluding hydrogens is 296 g/mol. The first kappa shape index (κ1) is 16.7. The number of anilines is 2. The van der Waals surface area contributed by atoms with Crippen molar-refractivity contribution >= 4 is 17.5 Å². The molecule has 0 aliphatic heterocycles. The minimum atomic E-state index is -0.235. The molecular formula is C16H20N4O3. The summed E-state index contributed by atoms with van der Waals surface area (Å²) in [6.07, 6.45) is 2.94. The molecule has 0 saturated carbocycles.